The van der Waals surface area contributed by atoms with Crippen molar-refractivity contribution in [1.29, 1.82) is 0 Å². The summed E-state index contributed by atoms with van der Waals surface area (Å²) >= 11 is 1.29. The summed E-state index contributed by atoms with van der Waals surface area (Å²) in [6.45, 7) is 6.24. The molecular weight excluding hydrogens is 807 g/mol. The minimum Gasteiger partial charge on any atom is -0.462 e. The topological polar surface area (TPSA) is 232 Å². The Morgan fingerprint density at radius 2 is 1.23 bits per heavy atom. The number of nitrogens with zero attached hydrogens (tertiary/aromatic N) is 3. The molecule has 1 saturated heterocycles. The molecule has 1 fully saturated rings. The largest absolute Gasteiger partial charge is 0.462 e. The molecular formula is C44H79N5O11S. The number of hydrogen-bond donors (Lipinski definition) is 6. The van der Waals surface area contributed by atoms with Crippen LogP contribution in [-0.2, 0) is 39.9 Å². The summed E-state index contributed by atoms with van der Waals surface area (Å²) in [5, 5.41) is 53.5. The predicted molar refractivity (Wildman–Crippen MR) is 235 cm³/mol. The average Bonchev–Trinajstić information content (AvgIpc) is 3.68. The van der Waals surface area contributed by atoms with Gasteiger partial charge in [-0.15, -0.1) is 5.10 Å². The molecule has 0 bridgehead atoms. The first-order chi connectivity index (χ1) is 29.5. The molecule has 0 aliphatic carbocycles. The molecule has 352 valence electrons. The van der Waals surface area contributed by atoms with Gasteiger partial charge in [0.05, 0.1) is 12.7 Å². The maximum atomic E-state index is 13.7. The van der Waals surface area contributed by atoms with E-state index in [2.05, 4.69) is 41.7 Å². The first-order valence-corrected chi connectivity index (χ1v) is 24.4. The van der Waals surface area contributed by atoms with Crippen molar-refractivity contribution in [1.82, 2.24) is 20.3 Å². The van der Waals surface area contributed by atoms with Crippen LogP contribution in [0.2, 0.25) is 0 Å². The van der Waals surface area contributed by atoms with Gasteiger partial charge in [0, 0.05) is 30.8 Å². The number of carbonyl (C=O) groups is 4. The molecule has 1 aromatic heterocycles. The highest BCUT2D eigenvalue weighted by atomic mass is 32.2. The zero-order valence-electron chi connectivity index (χ0n) is 37.3. The number of nitrogens with one attached hydrogen (secondary N) is 2. The lowest BCUT2D eigenvalue weighted by atomic mass is 9.99. The Hall–Kier alpha value is -2.83. The van der Waals surface area contributed by atoms with E-state index in [1.54, 1.807) is 0 Å². The number of anilines is 1. The van der Waals surface area contributed by atoms with Gasteiger partial charge in [-0.2, -0.15) is 11.8 Å². The Morgan fingerprint density at radius 1 is 0.705 bits per heavy atom. The molecule has 0 spiro atoms. The van der Waals surface area contributed by atoms with Gasteiger partial charge in [-0.25, -0.2) is 4.68 Å². The molecule has 16 nitrogen and oxygen atoms in total. The molecule has 5 unspecified atom stereocenters. The molecule has 1 aliphatic heterocycles. The lowest BCUT2D eigenvalue weighted by molar-refractivity contribution is -0.284. The SMILES string of the molecule is CCCCCCCCCC(=O)N[C@H](CSC[C@@H](COC(=O)CCCCCCCCC)OC(=O)CCCCCCCCC)C(=O)Nc1cn(CC2OC(O)C(O)C(O)C2O)nn1. The Kier molecular flexibility index (Phi) is 30.0. The number of hydrogen-bond acceptors (Lipinski definition) is 14. The first-order valence-electron chi connectivity index (χ1n) is 23.3. The van der Waals surface area contributed by atoms with Gasteiger partial charge in [0.15, 0.2) is 12.1 Å². The monoisotopic (exact) mass is 886 g/mol. The summed E-state index contributed by atoms with van der Waals surface area (Å²) < 4.78 is 17.9. The number of thioether (sulfide) groups is 1. The van der Waals surface area contributed by atoms with E-state index in [0.29, 0.717) is 19.3 Å². The zero-order chi connectivity index (χ0) is 44.7. The van der Waals surface area contributed by atoms with E-state index in [1.807, 2.05) is 0 Å². The van der Waals surface area contributed by atoms with Crippen molar-refractivity contribution < 1.29 is 53.8 Å². The Morgan fingerprint density at radius 3 is 1.80 bits per heavy atom. The number of esters is 2. The molecule has 0 saturated carbocycles. The molecule has 2 heterocycles. The van der Waals surface area contributed by atoms with E-state index in [1.165, 1.54) is 74.0 Å². The smallest absolute Gasteiger partial charge is 0.306 e. The Balaban J connectivity index is 2.05. The minimum atomic E-state index is -1.72. The Bertz CT molecular complexity index is 1340. The second kappa shape index (κ2) is 33.7. The maximum absolute atomic E-state index is 13.7. The molecule has 0 aromatic carbocycles. The normalized spacial score (nSPS) is 19.9. The highest BCUT2D eigenvalue weighted by molar-refractivity contribution is 7.99. The van der Waals surface area contributed by atoms with Crippen LogP contribution in [0.1, 0.15) is 175 Å². The Labute approximate surface area is 368 Å². The van der Waals surface area contributed by atoms with Crippen LogP contribution >= 0.6 is 11.8 Å². The van der Waals surface area contributed by atoms with E-state index < -0.39 is 48.8 Å². The van der Waals surface area contributed by atoms with E-state index in [4.69, 9.17) is 14.2 Å². The summed E-state index contributed by atoms with van der Waals surface area (Å²) in [5.41, 5.74) is 0. The molecule has 2 amide bonds. The average molecular weight is 886 g/mol. The summed E-state index contributed by atoms with van der Waals surface area (Å²) in [7, 11) is 0. The summed E-state index contributed by atoms with van der Waals surface area (Å²) in [6, 6.07) is -1.01. The molecule has 1 aliphatic rings. The van der Waals surface area contributed by atoms with Gasteiger partial charge in [0.25, 0.3) is 0 Å². The van der Waals surface area contributed by atoms with Crippen LogP contribution < -0.4 is 10.6 Å². The van der Waals surface area contributed by atoms with Crippen LogP contribution in [0.5, 0.6) is 0 Å². The van der Waals surface area contributed by atoms with Crippen LogP contribution in [0.3, 0.4) is 0 Å². The molecule has 2 rings (SSSR count). The van der Waals surface area contributed by atoms with E-state index in [9.17, 15) is 39.6 Å². The van der Waals surface area contributed by atoms with Crippen molar-refractivity contribution in [2.75, 3.05) is 23.4 Å². The third kappa shape index (κ3) is 24.6. The number of rotatable bonds is 36. The second-order valence-electron chi connectivity index (χ2n) is 16.4. The fraction of sp³-hybridized carbons (Fsp3) is 0.864. The van der Waals surface area contributed by atoms with Gasteiger partial charge in [-0.05, 0) is 19.3 Å². The fourth-order valence-electron chi connectivity index (χ4n) is 7.01. The van der Waals surface area contributed by atoms with Gasteiger partial charge in [-0.3, -0.25) is 19.2 Å². The van der Waals surface area contributed by atoms with Crippen molar-refractivity contribution in [3.8, 4) is 0 Å². The van der Waals surface area contributed by atoms with Gasteiger partial charge in [0.1, 0.15) is 43.2 Å². The quantitative estimate of drug-likeness (QED) is 0.0330. The van der Waals surface area contributed by atoms with Gasteiger partial charge in [-0.1, -0.05) is 142 Å². The molecule has 1 aromatic rings. The third-order valence-electron chi connectivity index (χ3n) is 10.8. The molecule has 7 atom stereocenters. The maximum Gasteiger partial charge on any atom is 0.306 e. The number of aliphatic hydroxyl groups excluding tert-OH is 4. The van der Waals surface area contributed by atoms with E-state index in [-0.39, 0.29) is 61.2 Å². The first kappa shape index (κ1) is 54.3. The number of amides is 2. The van der Waals surface area contributed by atoms with Crippen LogP contribution in [0.4, 0.5) is 5.82 Å². The highest BCUT2D eigenvalue weighted by Gasteiger charge is 2.43. The van der Waals surface area contributed by atoms with Crippen molar-refractivity contribution in [3.05, 3.63) is 6.20 Å². The van der Waals surface area contributed by atoms with Crippen molar-refractivity contribution >= 4 is 41.3 Å². The lowest BCUT2D eigenvalue weighted by Crippen LogP contribution is -2.58. The fourth-order valence-corrected chi connectivity index (χ4v) is 8.04. The van der Waals surface area contributed by atoms with Crippen LogP contribution in [0.15, 0.2) is 6.20 Å². The second-order valence-corrected chi connectivity index (χ2v) is 17.5. The number of carbonyl (C=O) groups excluding carboxylic acids is 4. The van der Waals surface area contributed by atoms with Gasteiger partial charge in [0.2, 0.25) is 11.8 Å². The number of unbranched alkanes of at least 4 members (excludes halogenated alkanes) is 18. The van der Waals surface area contributed by atoms with E-state index in [0.717, 1.165) is 70.6 Å². The standard InChI is InChI=1S/C44H79N5O11S/c1-4-7-10-13-16-19-22-25-37(50)45-34(43(56)46-36-29-49(48-47-36)28-35-40(53)41(54)42(55)44(57)60-35)32-61-31-33(59-39(52)27-24-21-18-15-12-9-6-3)30-58-38(51)26-23-20-17-14-11-8-5-2/h29,33-35,40-42,44,53-55,57H,4-28,30-32H2,1-3H3,(H,45,50)(H,46,56)/t33-,34-,35?,40?,41?,42?,44?/m1/s1. The molecule has 6 N–H and O–H groups in total. The summed E-state index contributed by atoms with van der Waals surface area (Å²) in [6.07, 6.45) is 15.9. The zero-order valence-corrected chi connectivity index (χ0v) is 38.1. The van der Waals surface area contributed by atoms with Gasteiger partial charge < -0.3 is 45.3 Å². The predicted octanol–water partition coefficient (Wildman–Crippen LogP) is 6.11. The van der Waals surface area contributed by atoms with Gasteiger partial charge >= 0.3 is 11.9 Å². The number of aliphatic hydroxyl groups is 4. The van der Waals surface area contributed by atoms with Crippen molar-refractivity contribution in [2.45, 2.75) is 224 Å². The third-order valence-corrected chi connectivity index (χ3v) is 12.0. The number of ether oxygens (including phenoxy) is 3. The van der Waals surface area contributed by atoms with Crippen molar-refractivity contribution in [2.24, 2.45) is 0 Å². The van der Waals surface area contributed by atoms with Crippen LogP contribution in [0.25, 0.3) is 0 Å². The number of aromatic nitrogens is 3. The van der Waals surface area contributed by atoms with Crippen molar-refractivity contribution in [3.63, 3.8) is 0 Å². The van der Waals surface area contributed by atoms with Crippen LogP contribution in [-0.4, -0.2) is 120 Å². The highest BCUT2D eigenvalue weighted by Crippen LogP contribution is 2.22. The molecule has 61 heavy (non-hydrogen) atoms. The van der Waals surface area contributed by atoms with E-state index >= 15 is 0 Å². The molecule has 17 heteroatoms. The lowest BCUT2D eigenvalue weighted by Gasteiger charge is -2.38. The molecule has 0 radical (unpaired) electrons. The summed E-state index contributed by atoms with van der Waals surface area (Å²) in [5.74, 6) is -1.18. The minimum absolute atomic E-state index is 0.0396. The summed E-state index contributed by atoms with van der Waals surface area (Å²) in [4.78, 5) is 52.4. The van der Waals surface area contributed by atoms with Crippen LogP contribution in [0, 0.1) is 0 Å².